The number of carbonyl (C=O) groups is 1. The SMILES string of the molecule is Nc1nnc(C2CCN(c3ccc(NC(=O)Cc4cccnc4)nn3)CC2)s1. The summed E-state index contributed by atoms with van der Waals surface area (Å²) in [5, 5.41) is 20.8. The van der Waals surface area contributed by atoms with Gasteiger partial charge in [0, 0.05) is 31.4 Å². The van der Waals surface area contributed by atoms with Crippen molar-refractivity contribution in [1.82, 2.24) is 25.4 Å². The molecular formula is C18H20N8OS. The number of nitrogens with two attached hydrogens (primary N) is 1. The second-order valence-corrected chi connectivity index (χ2v) is 7.64. The van der Waals surface area contributed by atoms with Gasteiger partial charge in [-0.3, -0.25) is 9.78 Å². The van der Waals surface area contributed by atoms with Crippen LogP contribution < -0.4 is 16.0 Å². The summed E-state index contributed by atoms with van der Waals surface area (Å²) in [5.74, 6) is 1.49. The molecule has 1 amide bonds. The fraction of sp³-hybridized carbons (Fsp3) is 0.333. The highest BCUT2D eigenvalue weighted by molar-refractivity contribution is 7.15. The predicted octanol–water partition coefficient (Wildman–Crippen LogP) is 1.87. The van der Waals surface area contributed by atoms with E-state index < -0.39 is 0 Å². The van der Waals surface area contributed by atoms with Gasteiger partial charge >= 0.3 is 0 Å². The lowest BCUT2D eigenvalue weighted by Gasteiger charge is -2.31. The summed E-state index contributed by atoms with van der Waals surface area (Å²) >= 11 is 1.46. The van der Waals surface area contributed by atoms with Crippen LogP contribution in [0.2, 0.25) is 0 Å². The number of nitrogens with zero attached hydrogens (tertiary/aromatic N) is 6. The lowest BCUT2D eigenvalue weighted by atomic mass is 9.98. The molecule has 28 heavy (non-hydrogen) atoms. The van der Waals surface area contributed by atoms with E-state index in [9.17, 15) is 4.79 Å². The van der Waals surface area contributed by atoms with E-state index in [1.54, 1.807) is 24.5 Å². The number of pyridine rings is 1. The van der Waals surface area contributed by atoms with Crippen molar-refractivity contribution in [3.05, 3.63) is 47.2 Å². The van der Waals surface area contributed by atoms with Gasteiger partial charge in [-0.05, 0) is 36.6 Å². The number of amides is 1. The van der Waals surface area contributed by atoms with Gasteiger partial charge in [0.25, 0.3) is 0 Å². The Morgan fingerprint density at radius 2 is 2.04 bits per heavy atom. The molecule has 3 aromatic rings. The van der Waals surface area contributed by atoms with Crippen molar-refractivity contribution in [2.24, 2.45) is 0 Å². The molecule has 0 spiro atoms. The number of piperidine rings is 1. The summed E-state index contributed by atoms with van der Waals surface area (Å²) in [5.41, 5.74) is 6.53. The van der Waals surface area contributed by atoms with Crippen molar-refractivity contribution in [2.75, 3.05) is 29.0 Å². The Morgan fingerprint density at radius 1 is 1.18 bits per heavy atom. The van der Waals surface area contributed by atoms with Crippen LogP contribution in [-0.2, 0) is 11.2 Å². The molecule has 1 fully saturated rings. The fourth-order valence-electron chi connectivity index (χ4n) is 3.20. The van der Waals surface area contributed by atoms with Crippen molar-refractivity contribution < 1.29 is 4.79 Å². The smallest absolute Gasteiger partial charge is 0.230 e. The Hall–Kier alpha value is -3.14. The number of rotatable bonds is 5. The maximum Gasteiger partial charge on any atom is 0.230 e. The highest BCUT2D eigenvalue weighted by Gasteiger charge is 2.24. The van der Waals surface area contributed by atoms with Gasteiger partial charge < -0.3 is 16.0 Å². The molecule has 1 saturated heterocycles. The Bertz CT molecular complexity index is 922. The first-order valence-corrected chi connectivity index (χ1v) is 9.85. The third-order valence-corrected chi connectivity index (χ3v) is 5.54. The minimum atomic E-state index is -0.146. The number of carbonyl (C=O) groups excluding carboxylic acids is 1. The summed E-state index contributed by atoms with van der Waals surface area (Å²) in [6, 6.07) is 7.33. The molecule has 3 aromatic heterocycles. The monoisotopic (exact) mass is 396 g/mol. The summed E-state index contributed by atoms with van der Waals surface area (Å²) in [6.45, 7) is 1.73. The lowest BCUT2D eigenvalue weighted by Crippen LogP contribution is -2.33. The highest BCUT2D eigenvalue weighted by atomic mass is 32.1. The third-order valence-electron chi connectivity index (χ3n) is 4.63. The van der Waals surface area contributed by atoms with E-state index in [4.69, 9.17) is 5.73 Å². The first-order valence-electron chi connectivity index (χ1n) is 9.03. The second kappa shape index (κ2) is 8.26. The van der Waals surface area contributed by atoms with Crippen molar-refractivity contribution in [1.29, 1.82) is 0 Å². The van der Waals surface area contributed by atoms with E-state index in [1.807, 2.05) is 12.1 Å². The largest absolute Gasteiger partial charge is 0.374 e. The molecule has 0 aromatic carbocycles. The van der Waals surface area contributed by atoms with Gasteiger partial charge in [-0.1, -0.05) is 17.4 Å². The summed E-state index contributed by atoms with van der Waals surface area (Å²) in [6.07, 6.45) is 5.55. The minimum absolute atomic E-state index is 0.146. The average molecular weight is 396 g/mol. The summed E-state index contributed by atoms with van der Waals surface area (Å²) in [7, 11) is 0. The molecule has 0 radical (unpaired) electrons. The molecule has 0 saturated carbocycles. The summed E-state index contributed by atoms with van der Waals surface area (Å²) in [4.78, 5) is 18.3. The molecule has 0 atom stereocenters. The van der Waals surface area contributed by atoms with Crippen LogP contribution in [0, 0.1) is 0 Å². The molecular weight excluding hydrogens is 376 g/mol. The van der Waals surface area contributed by atoms with Crippen LogP contribution in [0.5, 0.6) is 0 Å². The number of hydrogen-bond donors (Lipinski definition) is 2. The van der Waals surface area contributed by atoms with Crippen molar-refractivity contribution in [3.8, 4) is 0 Å². The van der Waals surface area contributed by atoms with Crippen molar-refractivity contribution in [2.45, 2.75) is 25.2 Å². The second-order valence-electron chi connectivity index (χ2n) is 6.60. The number of hydrogen-bond acceptors (Lipinski definition) is 9. The predicted molar refractivity (Wildman–Crippen MR) is 107 cm³/mol. The van der Waals surface area contributed by atoms with Crippen LogP contribution >= 0.6 is 11.3 Å². The first-order chi connectivity index (χ1) is 13.7. The molecule has 0 unspecified atom stereocenters. The van der Waals surface area contributed by atoms with E-state index in [1.165, 1.54) is 11.3 Å². The van der Waals surface area contributed by atoms with E-state index >= 15 is 0 Å². The van der Waals surface area contributed by atoms with E-state index in [-0.39, 0.29) is 12.3 Å². The minimum Gasteiger partial charge on any atom is -0.374 e. The van der Waals surface area contributed by atoms with Crippen LogP contribution in [0.1, 0.15) is 29.3 Å². The van der Waals surface area contributed by atoms with Gasteiger partial charge in [-0.15, -0.1) is 20.4 Å². The van der Waals surface area contributed by atoms with Gasteiger partial charge in [0.15, 0.2) is 11.6 Å². The van der Waals surface area contributed by atoms with Crippen LogP contribution in [0.25, 0.3) is 0 Å². The molecule has 144 valence electrons. The number of anilines is 3. The fourth-order valence-corrected chi connectivity index (χ4v) is 3.98. The molecule has 1 aliphatic rings. The Kier molecular flexibility index (Phi) is 5.38. The van der Waals surface area contributed by atoms with Gasteiger partial charge in [-0.25, -0.2) is 0 Å². The van der Waals surface area contributed by atoms with Crippen molar-refractivity contribution in [3.63, 3.8) is 0 Å². The molecule has 1 aliphatic heterocycles. The molecule has 4 rings (SSSR count). The van der Waals surface area contributed by atoms with Crippen LogP contribution in [0.3, 0.4) is 0 Å². The molecule has 0 aliphatic carbocycles. The van der Waals surface area contributed by atoms with E-state index in [0.717, 1.165) is 42.3 Å². The Morgan fingerprint density at radius 3 is 2.68 bits per heavy atom. The number of aromatic nitrogens is 5. The number of nitrogen functional groups attached to an aromatic ring is 1. The zero-order valence-corrected chi connectivity index (χ0v) is 16.0. The summed E-state index contributed by atoms with van der Waals surface area (Å²) < 4.78 is 0. The lowest BCUT2D eigenvalue weighted by molar-refractivity contribution is -0.115. The molecule has 4 heterocycles. The first kappa shape index (κ1) is 18.2. The average Bonchev–Trinajstić information content (AvgIpc) is 3.16. The van der Waals surface area contributed by atoms with Crippen LogP contribution in [-0.4, -0.2) is 44.4 Å². The van der Waals surface area contributed by atoms with Crippen LogP contribution in [0.15, 0.2) is 36.7 Å². The molecule has 9 nitrogen and oxygen atoms in total. The number of nitrogens with one attached hydrogen (secondary N) is 1. The highest BCUT2D eigenvalue weighted by Crippen LogP contribution is 2.32. The quantitative estimate of drug-likeness (QED) is 0.670. The zero-order chi connectivity index (χ0) is 19.3. The topological polar surface area (TPSA) is 123 Å². The maximum atomic E-state index is 12.1. The normalized spacial score (nSPS) is 14.8. The Balaban J connectivity index is 1.30. The molecule has 0 bridgehead atoms. The van der Waals surface area contributed by atoms with Gasteiger partial charge in [-0.2, -0.15) is 0 Å². The van der Waals surface area contributed by atoms with Gasteiger partial charge in [0.05, 0.1) is 6.42 Å². The standard InChI is InChI=1S/C18H20N8OS/c19-18-25-24-17(28-18)13-5-8-26(9-6-13)15-4-3-14(22-23-15)21-16(27)10-12-2-1-7-20-11-12/h1-4,7,11,13H,5-6,8-10H2,(H2,19,25)(H,21,22,27). The molecule has 3 N–H and O–H groups in total. The van der Waals surface area contributed by atoms with Gasteiger partial charge in [0.2, 0.25) is 11.0 Å². The third kappa shape index (κ3) is 4.39. The maximum absolute atomic E-state index is 12.1. The van der Waals surface area contributed by atoms with Crippen LogP contribution in [0.4, 0.5) is 16.8 Å². The van der Waals surface area contributed by atoms with E-state index in [0.29, 0.717) is 16.9 Å². The van der Waals surface area contributed by atoms with Gasteiger partial charge in [0.1, 0.15) is 5.01 Å². The molecule has 10 heteroatoms. The van der Waals surface area contributed by atoms with E-state index in [2.05, 4.69) is 35.6 Å². The zero-order valence-electron chi connectivity index (χ0n) is 15.2. The Labute approximate surface area is 166 Å². The van der Waals surface area contributed by atoms with Crippen molar-refractivity contribution >= 4 is 34.0 Å².